The highest BCUT2D eigenvalue weighted by molar-refractivity contribution is 6.39. The van der Waals surface area contributed by atoms with E-state index in [4.69, 9.17) is 0 Å². The first-order valence-electron chi connectivity index (χ1n) is 7.52. The number of hydrogen-bond acceptors (Lipinski definition) is 4. The van der Waals surface area contributed by atoms with Gasteiger partial charge in [-0.15, -0.1) is 0 Å². The Labute approximate surface area is 135 Å². The second-order valence-electron chi connectivity index (χ2n) is 4.90. The standard InChI is InChI=1S/C17H20N4O2/c1-2-13-6-8-14(9-7-13)21-17(23)16(22)20-12-11-19-15-5-3-4-10-18-15/h3-10H,2,11-12H2,1H3,(H,18,19)(H,20,22)(H,21,23). The van der Waals surface area contributed by atoms with E-state index in [-0.39, 0.29) is 0 Å². The van der Waals surface area contributed by atoms with Gasteiger partial charge in [-0.05, 0) is 36.2 Å². The normalized spacial score (nSPS) is 9.96. The molecule has 0 bridgehead atoms. The summed E-state index contributed by atoms with van der Waals surface area (Å²) in [6.07, 6.45) is 2.61. The first-order chi connectivity index (χ1) is 11.2. The monoisotopic (exact) mass is 312 g/mol. The minimum atomic E-state index is -0.674. The summed E-state index contributed by atoms with van der Waals surface area (Å²) in [5.41, 5.74) is 1.78. The van der Waals surface area contributed by atoms with E-state index in [0.29, 0.717) is 18.8 Å². The van der Waals surface area contributed by atoms with E-state index in [1.165, 1.54) is 5.56 Å². The molecule has 0 atom stereocenters. The largest absolute Gasteiger partial charge is 0.368 e. The molecule has 0 saturated heterocycles. The number of pyridine rings is 1. The fourth-order valence-corrected chi connectivity index (χ4v) is 1.93. The van der Waals surface area contributed by atoms with Crippen molar-refractivity contribution in [3.05, 3.63) is 54.2 Å². The molecule has 2 amide bonds. The molecular formula is C17H20N4O2. The molecule has 0 spiro atoms. The third-order valence-electron chi connectivity index (χ3n) is 3.21. The van der Waals surface area contributed by atoms with Gasteiger partial charge in [0.05, 0.1) is 0 Å². The van der Waals surface area contributed by atoms with Gasteiger partial charge in [0.2, 0.25) is 0 Å². The van der Waals surface area contributed by atoms with Crippen molar-refractivity contribution in [3.63, 3.8) is 0 Å². The second kappa shape index (κ2) is 8.53. The number of rotatable bonds is 6. The molecule has 1 aromatic heterocycles. The van der Waals surface area contributed by atoms with Crippen molar-refractivity contribution in [1.29, 1.82) is 0 Å². The van der Waals surface area contributed by atoms with Crippen LogP contribution in [0, 0.1) is 0 Å². The zero-order valence-electron chi connectivity index (χ0n) is 13.0. The van der Waals surface area contributed by atoms with Gasteiger partial charge in [0.15, 0.2) is 0 Å². The SMILES string of the molecule is CCc1ccc(NC(=O)C(=O)NCCNc2ccccn2)cc1. The minimum absolute atomic E-state index is 0.331. The van der Waals surface area contributed by atoms with Crippen LogP contribution in [-0.4, -0.2) is 29.9 Å². The predicted octanol–water partition coefficient (Wildman–Crippen LogP) is 1.81. The van der Waals surface area contributed by atoms with Gasteiger partial charge in [-0.25, -0.2) is 4.98 Å². The fraction of sp³-hybridized carbons (Fsp3) is 0.235. The average Bonchev–Trinajstić information content (AvgIpc) is 2.60. The maximum atomic E-state index is 11.8. The molecule has 6 heteroatoms. The quantitative estimate of drug-likeness (QED) is 0.561. The van der Waals surface area contributed by atoms with Crippen molar-refractivity contribution >= 4 is 23.3 Å². The zero-order chi connectivity index (χ0) is 16.5. The van der Waals surface area contributed by atoms with Crippen molar-refractivity contribution in [2.24, 2.45) is 0 Å². The lowest BCUT2D eigenvalue weighted by Crippen LogP contribution is -2.37. The summed E-state index contributed by atoms with van der Waals surface area (Å²) in [5, 5.41) is 8.17. The van der Waals surface area contributed by atoms with Gasteiger partial charge >= 0.3 is 11.8 Å². The van der Waals surface area contributed by atoms with Crippen molar-refractivity contribution in [2.75, 3.05) is 23.7 Å². The zero-order valence-corrected chi connectivity index (χ0v) is 13.0. The molecule has 0 unspecified atom stereocenters. The third kappa shape index (κ3) is 5.43. The molecule has 1 heterocycles. The van der Waals surface area contributed by atoms with E-state index in [9.17, 15) is 9.59 Å². The highest BCUT2D eigenvalue weighted by atomic mass is 16.2. The molecule has 0 fully saturated rings. The van der Waals surface area contributed by atoms with Gasteiger partial charge in [0, 0.05) is 25.0 Å². The molecule has 23 heavy (non-hydrogen) atoms. The van der Waals surface area contributed by atoms with Crippen LogP contribution < -0.4 is 16.0 Å². The highest BCUT2D eigenvalue weighted by Gasteiger charge is 2.12. The van der Waals surface area contributed by atoms with E-state index in [1.807, 2.05) is 30.3 Å². The molecular weight excluding hydrogens is 292 g/mol. The Morgan fingerprint density at radius 3 is 2.43 bits per heavy atom. The number of benzene rings is 1. The molecule has 2 aromatic rings. The number of amides is 2. The van der Waals surface area contributed by atoms with Crippen LogP contribution in [0.25, 0.3) is 0 Å². The van der Waals surface area contributed by atoms with E-state index >= 15 is 0 Å². The summed E-state index contributed by atoms with van der Waals surface area (Å²) >= 11 is 0. The molecule has 0 aliphatic rings. The smallest absolute Gasteiger partial charge is 0.313 e. The van der Waals surface area contributed by atoms with Crippen molar-refractivity contribution in [2.45, 2.75) is 13.3 Å². The van der Waals surface area contributed by atoms with Gasteiger partial charge in [0.1, 0.15) is 5.82 Å². The van der Waals surface area contributed by atoms with Crippen LogP contribution in [0.1, 0.15) is 12.5 Å². The number of carbonyl (C=O) groups excluding carboxylic acids is 2. The number of carbonyl (C=O) groups is 2. The third-order valence-corrected chi connectivity index (χ3v) is 3.21. The highest BCUT2D eigenvalue weighted by Crippen LogP contribution is 2.09. The van der Waals surface area contributed by atoms with Crippen molar-refractivity contribution < 1.29 is 9.59 Å². The Balaban J connectivity index is 1.71. The van der Waals surface area contributed by atoms with Crippen LogP contribution in [0.15, 0.2) is 48.7 Å². The number of aryl methyl sites for hydroxylation is 1. The van der Waals surface area contributed by atoms with Crippen LogP contribution in [0.2, 0.25) is 0 Å². The van der Waals surface area contributed by atoms with Gasteiger partial charge < -0.3 is 16.0 Å². The van der Waals surface area contributed by atoms with Gasteiger partial charge in [-0.1, -0.05) is 25.1 Å². The Morgan fingerprint density at radius 1 is 1.00 bits per heavy atom. The molecule has 0 radical (unpaired) electrons. The van der Waals surface area contributed by atoms with Crippen LogP contribution in [0.3, 0.4) is 0 Å². The van der Waals surface area contributed by atoms with Crippen molar-refractivity contribution in [1.82, 2.24) is 10.3 Å². The number of nitrogens with one attached hydrogen (secondary N) is 3. The summed E-state index contributed by atoms with van der Waals surface area (Å²) in [4.78, 5) is 27.6. The van der Waals surface area contributed by atoms with E-state index < -0.39 is 11.8 Å². The summed E-state index contributed by atoms with van der Waals surface area (Å²) in [6, 6.07) is 12.9. The predicted molar refractivity (Wildman–Crippen MR) is 90.2 cm³/mol. The van der Waals surface area contributed by atoms with Crippen molar-refractivity contribution in [3.8, 4) is 0 Å². The Bertz CT molecular complexity index is 641. The summed E-state index contributed by atoms with van der Waals surface area (Å²) in [7, 11) is 0. The number of hydrogen-bond donors (Lipinski definition) is 3. The molecule has 3 N–H and O–H groups in total. The summed E-state index contributed by atoms with van der Waals surface area (Å²) in [6.45, 7) is 2.87. The lowest BCUT2D eigenvalue weighted by molar-refractivity contribution is -0.136. The fourth-order valence-electron chi connectivity index (χ4n) is 1.93. The van der Waals surface area contributed by atoms with Gasteiger partial charge in [-0.2, -0.15) is 0 Å². The first-order valence-corrected chi connectivity index (χ1v) is 7.52. The van der Waals surface area contributed by atoms with E-state index in [1.54, 1.807) is 18.3 Å². The van der Waals surface area contributed by atoms with Gasteiger partial charge in [-0.3, -0.25) is 9.59 Å². The maximum absolute atomic E-state index is 11.8. The number of anilines is 2. The number of nitrogens with zero attached hydrogens (tertiary/aromatic N) is 1. The van der Waals surface area contributed by atoms with Gasteiger partial charge in [0.25, 0.3) is 0 Å². The molecule has 120 valence electrons. The average molecular weight is 312 g/mol. The van der Waals surface area contributed by atoms with Crippen LogP contribution in [0.5, 0.6) is 0 Å². The summed E-state index contributed by atoms with van der Waals surface area (Å²) < 4.78 is 0. The Kier molecular flexibility index (Phi) is 6.11. The number of aromatic nitrogens is 1. The molecule has 1 aromatic carbocycles. The van der Waals surface area contributed by atoms with E-state index in [0.717, 1.165) is 12.2 Å². The first kappa shape index (κ1) is 16.5. The minimum Gasteiger partial charge on any atom is -0.368 e. The molecule has 0 saturated carbocycles. The summed E-state index contributed by atoms with van der Waals surface area (Å²) in [5.74, 6) is -0.610. The molecule has 0 aliphatic carbocycles. The second-order valence-corrected chi connectivity index (χ2v) is 4.90. The molecule has 2 rings (SSSR count). The lowest BCUT2D eigenvalue weighted by Gasteiger charge is -2.08. The molecule has 0 aliphatic heterocycles. The Morgan fingerprint density at radius 2 is 1.78 bits per heavy atom. The maximum Gasteiger partial charge on any atom is 0.313 e. The van der Waals surface area contributed by atoms with Crippen LogP contribution >= 0.6 is 0 Å². The topological polar surface area (TPSA) is 83.1 Å². The lowest BCUT2D eigenvalue weighted by atomic mass is 10.1. The molecule has 6 nitrogen and oxygen atoms in total. The van der Waals surface area contributed by atoms with Crippen LogP contribution in [0.4, 0.5) is 11.5 Å². The van der Waals surface area contributed by atoms with E-state index in [2.05, 4.69) is 27.9 Å². The van der Waals surface area contributed by atoms with Crippen LogP contribution in [-0.2, 0) is 16.0 Å². The Hall–Kier alpha value is -2.89.